The van der Waals surface area contributed by atoms with Gasteiger partial charge in [-0.2, -0.15) is 0 Å². The fourth-order valence-corrected chi connectivity index (χ4v) is 2.27. The number of hydrogen-bond donors (Lipinski definition) is 1. The van der Waals surface area contributed by atoms with E-state index in [1.165, 1.54) is 5.56 Å². The van der Waals surface area contributed by atoms with Crippen LogP contribution in [0, 0.1) is 0 Å². The molecule has 0 aliphatic heterocycles. The van der Waals surface area contributed by atoms with Crippen molar-refractivity contribution in [2.75, 3.05) is 14.1 Å². The Morgan fingerprint density at radius 3 is 2.68 bits per heavy atom. The van der Waals surface area contributed by atoms with E-state index in [4.69, 9.17) is 0 Å². The number of benzene rings is 2. The molecule has 0 aliphatic carbocycles. The second kappa shape index (κ2) is 4.86. The van der Waals surface area contributed by atoms with Crippen molar-refractivity contribution < 1.29 is 0 Å². The Balaban J connectivity index is 2.01. The van der Waals surface area contributed by atoms with E-state index >= 15 is 0 Å². The Morgan fingerprint density at radius 1 is 1.05 bits per heavy atom. The fraction of sp³-hybridized carbons (Fsp3) is 0.188. The van der Waals surface area contributed by atoms with E-state index in [2.05, 4.69) is 59.3 Å². The number of fused-ring (bicyclic) bond motifs is 1. The Morgan fingerprint density at radius 2 is 1.89 bits per heavy atom. The Hall–Kier alpha value is -2.13. The number of hydrogen-bond acceptors (Lipinski definition) is 2. The summed E-state index contributed by atoms with van der Waals surface area (Å²) in [5.74, 6) is 0.932. The molecule has 0 unspecified atom stereocenters. The van der Waals surface area contributed by atoms with Crippen LogP contribution < -0.4 is 0 Å². The number of aromatic amines is 1. The van der Waals surface area contributed by atoms with Crippen molar-refractivity contribution in [3.8, 4) is 11.4 Å². The quantitative estimate of drug-likeness (QED) is 0.774. The monoisotopic (exact) mass is 251 g/mol. The number of rotatable bonds is 3. The van der Waals surface area contributed by atoms with Gasteiger partial charge in [0.15, 0.2) is 0 Å². The van der Waals surface area contributed by atoms with Gasteiger partial charge in [-0.15, -0.1) is 0 Å². The van der Waals surface area contributed by atoms with Crippen molar-refractivity contribution >= 4 is 11.0 Å². The highest BCUT2D eigenvalue weighted by Gasteiger charge is 2.05. The van der Waals surface area contributed by atoms with Crippen molar-refractivity contribution in [1.29, 1.82) is 0 Å². The van der Waals surface area contributed by atoms with Gasteiger partial charge in [-0.05, 0) is 37.9 Å². The molecule has 0 atom stereocenters. The van der Waals surface area contributed by atoms with Gasteiger partial charge in [-0.1, -0.05) is 30.3 Å². The number of aromatic nitrogens is 2. The van der Waals surface area contributed by atoms with Gasteiger partial charge in [0.1, 0.15) is 5.82 Å². The normalized spacial score (nSPS) is 11.3. The summed E-state index contributed by atoms with van der Waals surface area (Å²) < 4.78 is 0. The van der Waals surface area contributed by atoms with E-state index < -0.39 is 0 Å². The van der Waals surface area contributed by atoms with Crippen LogP contribution in [0.5, 0.6) is 0 Å². The molecular formula is C16H17N3. The third-order valence-electron chi connectivity index (χ3n) is 3.09. The summed E-state index contributed by atoms with van der Waals surface area (Å²) in [4.78, 5) is 10.2. The lowest BCUT2D eigenvalue weighted by molar-refractivity contribution is 0.402. The zero-order valence-electron chi connectivity index (χ0n) is 11.2. The lowest BCUT2D eigenvalue weighted by atomic mass is 10.1. The number of H-pyrrole nitrogens is 1. The topological polar surface area (TPSA) is 31.9 Å². The SMILES string of the molecule is CN(C)Cc1cccc(-c2nc3ccccc3[nH]2)c1. The first-order valence-corrected chi connectivity index (χ1v) is 6.41. The smallest absolute Gasteiger partial charge is 0.138 e. The Kier molecular flexibility index (Phi) is 3.05. The average molecular weight is 251 g/mol. The van der Waals surface area contributed by atoms with Crippen LogP contribution in [0.15, 0.2) is 48.5 Å². The summed E-state index contributed by atoms with van der Waals surface area (Å²) in [5, 5.41) is 0. The molecule has 0 spiro atoms. The van der Waals surface area contributed by atoms with E-state index in [9.17, 15) is 0 Å². The van der Waals surface area contributed by atoms with Crippen molar-refractivity contribution in [3.05, 3.63) is 54.1 Å². The minimum atomic E-state index is 0.932. The van der Waals surface area contributed by atoms with E-state index in [-0.39, 0.29) is 0 Å². The van der Waals surface area contributed by atoms with Gasteiger partial charge in [-0.3, -0.25) is 0 Å². The second-order valence-corrected chi connectivity index (χ2v) is 5.04. The predicted octanol–water partition coefficient (Wildman–Crippen LogP) is 3.29. The summed E-state index contributed by atoms with van der Waals surface area (Å²) in [5.41, 5.74) is 4.52. The number of nitrogens with zero attached hydrogens (tertiary/aromatic N) is 2. The van der Waals surface area contributed by atoms with Gasteiger partial charge in [0.2, 0.25) is 0 Å². The Bertz CT molecular complexity index is 665. The molecule has 3 heteroatoms. The predicted molar refractivity (Wildman–Crippen MR) is 78.9 cm³/mol. The highest BCUT2D eigenvalue weighted by atomic mass is 15.0. The van der Waals surface area contributed by atoms with Crippen LogP contribution in [0.3, 0.4) is 0 Å². The minimum absolute atomic E-state index is 0.932. The van der Waals surface area contributed by atoms with Crippen molar-refractivity contribution in [3.63, 3.8) is 0 Å². The molecule has 1 aromatic heterocycles. The van der Waals surface area contributed by atoms with Crippen LogP contribution >= 0.6 is 0 Å². The molecule has 0 saturated heterocycles. The third-order valence-corrected chi connectivity index (χ3v) is 3.09. The molecule has 3 aromatic rings. The van der Waals surface area contributed by atoms with Crippen LogP contribution in [0.2, 0.25) is 0 Å². The fourth-order valence-electron chi connectivity index (χ4n) is 2.27. The maximum absolute atomic E-state index is 4.63. The zero-order chi connectivity index (χ0) is 13.2. The molecule has 96 valence electrons. The summed E-state index contributed by atoms with van der Waals surface area (Å²) in [6.07, 6.45) is 0. The van der Waals surface area contributed by atoms with Crippen LogP contribution in [-0.4, -0.2) is 29.0 Å². The molecular weight excluding hydrogens is 234 g/mol. The number of para-hydroxylation sites is 2. The van der Waals surface area contributed by atoms with Crippen molar-refractivity contribution in [1.82, 2.24) is 14.9 Å². The van der Waals surface area contributed by atoms with Gasteiger partial charge in [0.05, 0.1) is 11.0 Å². The first kappa shape index (κ1) is 11.9. The summed E-state index contributed by atoms with van der Waals surface area (Å²) in [6, 6.07) is 16.6. The number of imidazole rings is 1. The highest BCUT2D eigenvalue weighted by molar-refractivity contribution is 5.79. The van der Waals surface area contributed by atoms with E-state index in [1.54, 1.807) is 0 Å². The highest BCUT2D eigenvalue weighted by Crippen LogP contribution is 2.21. The first-order valence-electron chi connectivity index (χ1n) is 6.41. The number of nitrogens with one attached hydrogen (secondary N) is 1. The van der Waals surface area contributed by atoms with E-state index in [0.717, 1.165) is 29.0 Å². The third kappa shape index (κ3) is 2.51. The maximum atomic E-state index is 4.63. The molecule has 19 heavy (non-hydrogen) atoms. The van der Waals surface area contributed by atoms with Gasteiger partial charge in [-0.25, -0.2) is 4.98 Å². The zero-order valence-corrected chi connectivity index (χ0v) is 11.2. The molecule has 2 aromatic carbocycles. The molecule has 0 fully saturated rings. The van der Waals surface area contributed by atoms with E-state index in [0.29, 0.717) is 0 Å². The van der Waals surface area contributed by atoms with Gasteiger partial charge in [0, 0.05) is 12.1 Å². The Labute approximate surface area is 112 Å². The van der Waals surface area contributed by atoms with Crippen LogP contribution in [0.1, 0.15) is 5.56 Å². The van der Waals surface area contributed by atoms with E-state index in [1.807, 2.05) is 18.2 Å². The van der Waals surface area contributed by atoms with Crippen LogP contribution in [0.25, 0.3) is 22.4 Å². The maximum Gasteiger partial charge on any atom is 0.138 e. The molecule has 1 heterocycles. The molecule has 0 saturated carbocycles. The standard InChI is InChI=1S/C16H17N3/c1-19(2)11-12-6-5-7-13(10-12)16-17-14-8-3-4-9-15(14)18-16/h3-10H,11H2,1-2H3,(H,17,18). The second-order valence-electron chi connectivity index (χ2n) is 5.04. The van der Waals surface area contributed by atoms with Crippen molar-refractivity contribution in [2.45, 2.75) is 6.54 Å². The molecule has 0 aliphatic rings. The summed E-state index contributed by atoms with van der Waals surface area (Å²) >= 11 is 0. The first-order chi connectivity index (χ1) is 9.22. The average Bonchev–Trinajstić information content (AvgIpc) is 2.82. The van der Waals surface area contributed by atoms with Crippen molar-refractivity contribution in [2.24, 2.45) is 0 Å². The lowest BCUT2D eigenvalue weighted by Gasteiger charge is -2.10. The molecule has 3 nitrogen and oxygen atoms in total. The molecule has 0 amide bonds. The van der Waals surface area contributed by atoms with Crippen LogP contribution in [0.4, 0.5) is 0 Å². The molecule has 0 radical (unpaired) electrons. The minimum Gasteiger partial charge on any atom is -0.338 e. The molecule has 1 N–H and O–H groups in total. The molecule has 3 rings (SSSR count). The summed E-state index contributed by atoms with van der Waals surface area (Å²) in [7, 11) is 4.15. The molecule has 0 bridgehead atoms. The van der Waals surface area contributed by atoms with Gasteiger partial charge < -0.3 is 9.88 Å². The lowest BCUT2D eigenvalue weighted by Crippen LogP contribution is -2.10. The largest absolute Gasteiger partial charge is 0.338 e. The summed E-state index contributed by atoms with van der Waals surface area (Å²) in [6.45, 7) is 0.939. The van der Waals surface area contributed by atoms with Gasteiger partial charge >= 0.3 is 0 Å². The van der Waals surface area contributed by atoms with Gasteiger partial charge in [0.25, 0.3) is 0 Å². The van der Waals surface area contributed by atoms with Crippen LogP contribution in [-0.2, 0) is 6.54 Å².